The molecular formula is C19H26N4O2S2. The molecule has 1 amide bonds. The van der Waals surface area contributed by atoms with E-state index in [0.717, 1.165) is 22.2 Å². The molecule has 1 fully saturated rings. The smallest absolute Gasteiger partial charge is 0.230 e. The van der Waals surface area contributed by atoms with Crippen molar-refractivity contribution in [3.63, 3.8) is 0 Å². The van der Waals surface area contributed by atoms with Crippen LogP contribution in [0.2, 0.25) is 0 Å². The number of benzene rings is 1. The number of hydrogen-bond donors (Lipinski definition) is 2. The lowest BCUT2D eigenvalue weighted by molar-refractivity contribution is -0.119. The number of amides is 1. The Labute approximate surface area is 168 Å². The topological polar surface area (TPSA) is 76.1 Å². The number of aromatic nitrogens is 2. The van der Waals surface area contributed by atoms with Gasteiger partial charge in [-0.3, -0.25) is 4.79 Å². The first kappa shape index (κ1) is 19.9. The lowest BCUT2D eigenvalue weighted by atomic mass is 9.78. The Bertz CT molecular complexity index is 768. The molecule has 1 aliphatic carbocycles. The molecule has 2 aromatic rings. The first-order valence-corrected chi connectivity index (χ1v) is 11.0. The Balaban J connectivity index is 1.48. The third-order valence-corrected chi connectivity index (χ3v) is 7.08. The number of thioether (sulfide) groups is 1. The molecule has 0 bridgehead atoms. The highest BCUT2D eigenvalue weighted by atomic mass is 32.2. The van der Waals surface area contributed by atoms with Crippen LogP contribution in [0.1, 0.15) is 33.1 Å². The molecule has 8 heteroatoms. The van der Waals surface area contributed by atoms with Crippen molar-refractivity contribution in [2.75, 3.05) is 18.2 Å². The average molecular weight is 407 g/mol. The van der Waals surface area contributed by atoms with Gasteiger partial charge < -0.3 is 15.4 Å². The van der Waals surface area contributed by atoms with Crippen LogP contribution in [-0.4, -0.2) is 35.0 Å². The zero-order valence-corrected chi connectivity index (χ0v) is 17.5. The van der Waals surface area contributed by atoms with E-state index in [-0.39, 0.29) is 5.91 Å². The molecule has 27 heavy (non-hydrogen) atoms. The zero-order chi connectivity index (χ0) is 19.2. The number of rotatable bonds is 7. The van der Waals surface area contributed by atoms with Crippen LogP contribution in [0.5, 0.6) is 5.75 Å². The number of carbonyl (C=O) groups excluding carboxylic acids is 1. The monoisotopic (exact) mass is 406 g/mol. The van der Waals surface area contributed by atoms with Crippen LogP contribution in [0, 0.1) is 11.8 Å². The number of nitrogens with zero attached hydrogens (tertiary/aromatic N) is 2. The molecule has 0 radical (unpaired) electrons. The second-order valence-electron chi connectivity index (χ2n) is 6.96. The third kappa shape index (κ3) is 5.59. The Morgan fingerprint density at radius 2 is 2.19 bits per heavy atom. The lowest BCUT2D eigenvalue weighted by Gasteiger charge is -2.34. The molecule has 1 heterocycles. The largest absolute Gasteiger partial charge is 0.497 e. The van der Waals surface area contributed by atoms with Crippen LogP contribution in [0.15, 0.2) is 28.6 Å². The molecule has 6 nitrogen and oxygen atoms in total. The molecule has 1 aliphatic rings. The van der Waals surface area contributed by atoms with Gasteiger partial charge in [-0.15, -0.1) is 10.2 Å². The quantitative estimate of drug-likeness (QED) is 0.667. The van der Waals surface area contributed by atoms with Crippen molar-refractivity contribution in [3.8, 4) is 5.75 Å². The standard InChI is InChI=1S/C19H26N4O2S2/c1-12-6-4-9-16(13(12)2)21-17(24)11-26-19-23-22-18(27-19)20-14-7-5-8-15(10-14)25-3/h5,7-8,10,12-13,16H,4,6,9,11H2,1-3H3,(H,20,22)(H,21,24)/t12-,13-,16+/m1/s1. The Morgan fingerprint density at radius 1 is 1.33 bits per heavy atom. The van der Waals surface area contributed by atoms with E-state index in [4.69, 9.17) is 4.74 Å². The van der Waals surface area contributed by atoms with E-state index >= 15 is 0 Å². The highest BCUT2D eigenvalue weighted by molar-refractivity contribution is 8.01. The van der Waals surface area contributed by atoms with Gasteiger partial charge in [0.05, 0.1) is 12.9 Å². The minimum Gasteiger partial charge on any atom is -0.497 e. The van der Waals surface area contributed by atoms with E-state index in [1.165, 1.54) is 35.9 Å². The molecule has 146 valence electrons. The van der Waals surface area contributed by atoms with Gasteiger partial charge in [-0.1, -0.05) is 55.9 Å². The van der Waals surface area contributed by atoms with Crippen molar-refractivity contribution < 1.29 is 9.53 Å². The van der Waals surface area contributed by atoms with E-state index in [0.29, 0.717) is 28.8 Å². The van der Waals surface area contributed by atoms with Crippen molar-refractivity contribution in [1.29, 1.82) is 0 Å². The zero-order valence-electron chi connectivity index (χ0n) is 15.9. The fourth-order valence-corrected chi connectivity index (χ4v) is 4.89. The summed E-state index contributed by atoms with van der Waals surface area (Å²) in [5.74, 6) is 2.43. The molecule has 0 spiro atoms. The van der Waals surface area contributed by atoms with Crippen LogP contribution in [0.3, 0.4) is 0 Å². The van der Waals surface area contributed by atoms with E-state index in [1.54, 1.807) is 7.11 Å². The van der Waals surface area contributed by atoms with Crippen molar-refractivity contribution in [3.05, 3.63) is 24.3 Å². The van der Waals surface area contributed by atoms with Crippen LogP contribution < -0.4 is 15.4 Å². The van der Waals surface area contributed by atoms with E-state index < -0.39 is 0 Å². The average Bonchev–Trinajstić information content (AvgIpc) is 3.11. The number of anilines is 2. The summed E-state index contributed by atoms with van der Waals surface area (Å²) in [7, 11) is 1.64. The van der Waals surface area contributed by atoms with E-state index in [2.05, 4.69) is 34.7 Å². The summed E-state index contributed by atoms with van der Waals surface area (Å²) in [5, 5.41) is 15.4. The summed E-state index contributed by atoms with van der Waals surface area (Å²) < 4.78 is 6.00. The Kier molecular flexibility index (Phi) is 6.95. The molecule has 3 rings (SSSR count). The molecule has 0 saturated heterocycles. The number of nitrogens with one attached hydrogen (secondary N) is 2. The number of ether oxygens (including phenoxy) is 1. The minimum absolute atomic E-state index is 0.0726. The normalized spacial score (nSPS) is 22.3. The predicted molar refractivity (Wildman–Crippen MR) is 111 cm³/mol. The molecule has 0 unspecified atom stereocenters. The fourth-order valence-electron chi connectivity index (χ4n) is 3.30. The molecule has 3 atom stereocenters. The number of hydrogen-bond acceptors (Lipinski definition) is 7. The molecular weight excluding hydrogens is 380 g/mol. The summed E-state index contributed by atoms with van der Waals surface area (Å²) in [5.41, 5.74) is 0.889. The van der Waals surface area contributed by atoms with Gasteiger partial charge in [-0.25, -0.2) is 0 Å². The number of carbonyl (C=O) groups is 1. The van der Waals surface area contributed by atoms with Gasteiger partial charge in [-0.05, 0) is 30.4 Å². The van der Waals surface area contributed by atoms with Crippen molar-refractivity contribution in [2.45, 2.75) is 43.5 Å². The molecule has 1 aromatic heterocycles. The van der Waals surface area contributed by atoms with E-state index in [9.17, 15) is 4.79 Å². The summed E-state index contributed by atoms with van der Waals surface area (Å²) in [6.45, 7) is 4.51. The maximum absolute atomic E-state index is 12.3. The SMILES string of the molecule is COc1cccc(Nc2nnc(SCC(=O)N[C@H]3CCC[C@@H](C)[C@H]3C)s2)c1. The van der Waals surface area contributed by atoms with Crippen LogP contribution in [-0.2, 0) is 4.79 Å². The summed E-state index contributed by atoms with van der Waals surface area (Å²) in [4.78, 5) is 12.3. The first-order chi connectivity index (χ1) is 13.0. The highest BCUT2D eigenvalue weighted by Gasteiger charge is 2.28. The summed E-state index contributed by atoms with van der Waals surface area (Å²) >= 11 is 2.87. The van der Waals surface area contributed by atoms with Crippen LogP contribution in [0.4, 0.5) is 10.8 Å². The van der Waals surface area contributed by atoms with Crippen molar-refractivity contribution >= 4 is 39.8 Å². The van der Waals surface area contributed by atoms with Gasteiger partial charge in [-0.2, -0.15) is 0 Å². The Hall–Kier alpha value is -1.80. The second kappa shape index (κ2) is 9.41. The molecule has 2 N–H and O–H groups in total. The van der Waals surface area contributed by atoms with Gasteiger partial charge in [0.1, 0.15) is 5.75 Å². The summed E-state index contributed by atoms with van der Waals surface area (Å²) in [6.07, 6.45) is 3.53. The maximum Gasteiger partial charge on any atom is 0.230 e. The van der Waals surface area contributed by atoms with E-state index in [1.807, 2.05) is 24.3 Å². The second-order valence-corrected chi connectivity index (χ2v) is 9.16. The lowest BCUT2D eigenvalue weighted by Crippen LogP contribution is -2.44. The third-order valence-electron chi connectivity index (χ3n) is 5.11. The molecule has 1 saturated carbocycles. The van der Waals surface area contributed by atoms with Gasteiger partial charge in [0, 0.05) is 17.8 Å². The number of methoxy groups -OCH3 is 1. The van der Waals surface area contributed by atoms with Crippen LogP contribution >= 0.6 is 23.1 Å². The minimum atomic E-state index is 0.0726. The van der Waals surface area contributed by atoms with Gasteiger partial charge in [0.2, 0.25) is 11.0 Å². The molecule has 1 aromatic carbocycles. The van der Waals surface area contributed by atoms with Gasteiger partial charge in [0.25, 0.3) is 0 Å². The maximum atomic E-state index is 12.3. The predicted octanol–water partition coefficient (Wildman–Crippen LogP) is 4.32. The molecule has 0 aliphatic heterocycles. The van der Waals surface area contributed by atoms with Crippen molar-refractivity contribution in [2.24, 2.45) is 11.8 Å². The van der Waals surface area contributed by atoms with Crippen molar-refractivity contribution in [1.82, 2.24) is 15.5 Å². The summed E-state index contributed by atoms with van der Waals surface area (Å²) in [6, 6.07) is 7.93. The first-order valence-electron chi connectivity index (χ1n) is 9.22. The fraction of sp³-hybridized carbons (Fsp3) is 0.526. The van der Waals surface area contributed by atoms with Gasteiger partial charge >= 0.3 is 0 Å². The van der Waals surface area contributed by atoms with Crippen LogP contribution in [0.25, 0.3) is 0 Å². The van der Waals surface area contributed by atoms with Gasteiger partial charge in [0.15, 0.2) is 4.34 Å². The highest BCUT2D eigenvalue weighted by Crippen LogP contribution is 2.31. The Morgan fingerprint density at radius 3 is 3.00 bits per heavy atom.